The molecule has 0 fully saturated rings. The maximum atomic E-state index is 13.8. The standard InChI is InChI=1S/C15H24FNO2/c1-11(2)19-10-6-9-17-12(3)15-13(16)7-5-8-14(15)18-4/h5,7-8,11-12,17H,6,9-10H2,1-4H3. The summed E-state index contributed by atoms with van der Waals surface area (Å²) in [6.07, 6.45) is 1.16. The Kier molecular flexibility index (Phi) is 6.81. The van der Waals surface area contributed by atoms with Crippen LogP contribution in [-0.2, 0) is 4.74 Å². The zero-order valence-corrected chi connectivity index (χ0v) is 12.2. The fraction of sp³-hybridized carbons (Fsp3) is 0.600. The van der Waals surface area contributed by atoms with Gasteiger partial charge >= 0.3 is 0 Å². The monoisotopic (exact) mass is 269 g/mol. The van der Waals surface area contributed by atoms with Gasteiger partial charge in [-0.2, -0.15) is 0 Å². The van der Waals surface area contributed by atoms with Crippen LogP contribution < -0.4 is 10.1 Å². The van der Waals surface area contributed by atoms with E-state index in [0.717, 1.165) is 13.0 Å². The molecule has 0 amide bonds. The van der Waals surface area contributed by atoms with E-state index in [-0.39, 0.29) is 18.0 Å². The van der Waals surface area contributed by atoms with E-state index in [9.17, 15) is 4.39 Å². The summed E-state index contributed by atoms with van der Waals surface area (Å²) in [5, 5.41) is 3.29. The van der Waals surface area contributed by atoms with E-state index in [4.69, 9.17) is 9.47 Å². The van der Waals surface area contributed by atoms with Crippen molar-refractivity contribution in [2.24, 2.45) is 0 Å². The topological polar surface area (TPSA) is 30.5 Å². The average molecular weight is 269 g/mol. The first-order valence-electron chi connectivity index (χ1n) is 6.73. The molecule has 19 heavy (non-hydrogen) atoms. The van der Waals surface area contributed by atoms with Gasteiger partial charge < -0.3 is 14.8 Å². The smallest absolute Gasteiger partial charge is 0.131 e. The lowest BCUT2D eigenvalue weighted by Gasteiger charge is -2.18. The second-order valence-electron chi connectivity index (χ2n) is 4.80. The maximum absolute atomic E-state index is 13.8. The summed E-state index contributed by atoms with van der Waals surface area (Å²) in [6, 6.07) is 4.80. The number of hydrogen-bond donors (Lipinski definition) is 1. The highest BCUT2D eigenvalue weighted by Gasteiger charge is 2.15. The van der Waals surface area contributed by atoms with Crippen molar-refractivity contribution in [3.05, 3.63) is 29.6 Å². The van der Waals surface area contributed by atoms with Crippen LogP contribution in [0.5, 0.6) is 5.75 Å². The summed E-state index contributed by atoms with van der Waals surface area (Å²) < 4.78 is 24.5. The molecule has 0 spiro atoms. The van der Waals surface area contributed by atoms with Crippen molar-refractivity contribution in [2.75, 3.05) is 20.3 Å². The molecule has 0 heterocycles. The van der Waals surface area contributed by atoms with Crippen LogP contribution in [0.3, 0.4) is 0 Å². The number of benzene rings is 1. The van der Waals surface area contributed by atoms with Gasteiger partial charge in [0.25, 0.3) is 0 Å². The average Bonchev–Trinajstić information content (AvgIpc) is 2.37. The zero-order chi connectivity index (χ0) is 14.3. The van der Waals surface area contributed by atoms with Crippen molar-refractivity contribution in [3.8, 4) is 5.75 Å². The van der Waals surface area contributed by atoms with Crippen molar-refractivity contribution in [2.45, 2.75) is 39.3 Å². The molecular formula is C15H24FNO2. The van der Waals surface area contributed by atoms with Gasteiger partial charge in [-0.15, -0.1) is 0 Å². The minimum atomic E-state index is -0.238. The summed E-state index contributed by atoms with van der Waals surface area (Å²) in [4.78, 5) is 0. The molecule has 1 aromatic rings. The molecule has 0 bridgehead atoms. The fourth-order valence-corrected chi connectivity index (χ4v) is 1.93. The molecule has 0 saturated heterocycles. The molecular weight excluding hydrogens is 245 g/mol. The van der Waals surface area contributed by atoms with E-state index in [1.165, 1.54) is 6.07 Å². The van der Waals surface area contributed by atoms with Gasteiger partial charge in [-0.25, -0.2) is 4.39 Å². The summed E-state index contributed by atoms with van der Waals surface area (Å²) in [5.41, 5.74) is 0.578. The van der Waals surface area contributed by atoms with E-state index < -0.39 is 0 Å². The molecule has 1 unspecified atom stereocenters. The van der Waals surface area contributed by atoms with E-state index >= 15 is 0 Å². The number of nitrogens with one attached hydrogen (secondary N) is 1. The van der Waals surface area contributed by atoms with Crippen LogP contribution in [0.1, 0.15) is 38.8 Å². The number of methoxy groups -OCH3 is 1. The molecule has 0 aromatic heterocycles. The Morgan fingerprint density at radius 3 is 2.63 bits per heavy atom. The van der Waals surface area contributed by atoms with Gasteiger partial charge in [-0.05, 0) is 45.9 Å². The van der Waals surface area contributed by atoms with Crippen LogP contribution >= 0.6 is 0 Å². The highest BCUT2D eigenvalue weighted by Crippen LogP contribution is 2.27. The third-order valence-corrected chi connectivity index (χ3v) is 2.89. The minimum absolute atomic E-state index is 0.0878. The van der Waals surface area contributed by atoms with Gasteiger partial charge in [0, 0.05) is 18.2 Å². The Balaban J connectivity index is 2.47. The molecule has 1 N–H and O–H groups in total. The van der Waals surface area contributed by atoms with Gasteiger partial charge in [-0.3, -0.25) is 0 Å². The predicted octanol–water partition coefficient (Wildman–Crippen LogP) is 3.30. The summed E-state index contributed by atoms with van der Waals surface area (Å²) in [7, 11) is 1.56. The zero-order valence-electron chi connectivity index (χ0n) is 12.2. The van der Waals surface area contributed by atoms with Crippen molar-refractivity contribution in [1.29, 1.82) is 0 Å². The normalized spacial score (nSPS) is 12.7. The number of halogens is 1. The van der Waals surface area contributed by atoms with Crippen LogP contribution in [0, 0.1) is 5.82 Å². The number of hydrogen-bond acceptors (Lipinski definition) is 3. The Labute approximate surface area is 115 Å². The second-order valence-corrected chi connectivity index (χ2v) is 4.80. The van der Waals surface area contributed by atoms with Gasteiger partial charge in [0.2, 0.25) is 0 Å². The van der Waals surface area contributed by atoms with Crippen molar-refractivity contribution in [3.63, 3.8) is 0 Å². The van der Waals surface area contributed by atoms with Gasteiger partial charge in [-0.1, -0.05) is 6.07 Å². The second kappa shape index (κ2) is 8.12. The number of ether oxygens (including phenoxy) is 2. The highest BCUT2D eigenvalue weighted by atomic mass is 19.1. The Bertz CT molecular complexity index is 382. The molecule has 1 rings (SSSR count). The molecule has 1 atom stereocenters. The minimum Gasteiger partial charge on any atom is -0.496 e. The summed E-state index contributed by atoms with van der Waals surface area (Å²) in [5.74, 6) is 0.344. The summed E-state index contributed by atoms with van der Waals surface area (Å²) >= 11 is 0. The molecule has 4 heteroatoms. The van der Waals surface area contributed by atoms with Crippen LogP contribution in [0.4, 0.5) is 4.39 Å². The lowest BCUT2D eigenvalue weighted by Crippen LogP contribution is -2.22. The lowest BCUT2D eigenvalue weighted by molar-refractivity contribution is 0.0767. The molecule has 0 aliphatic rings. The SMILES string of the molecule is COc1cccc(F)c1C(C)NCCCOC(C)C. The first-order valence-corrected chi connectivity index (χ1v) is 6.73. The van der Waals surface area contributed by atoms with Crippen molar-refractivity contribution >= 4 is 0 Å². The molecule has 0 aliphatic heterocycles. The Morgan fingerprint density at radius 2 is 2.00 bits per heavy atom. The Hall–Kier alpha value is -1.13. The highest BCUT2D eigenvalue weighted by molar-refractivity contribution is 5.36. The van der Waals surface area contributed by atoms with Gasteiger partial charge in [0.1, 0.15) is 11.6 Å². The third-order valence-electron chi connectivity index (χ3n) is 2.89. The molecule has 108 valence electrons. The van der Waals surface area contributed by atoms with E-state index in [1.807, 2.05) is 20.8 Å². The van der Waals surface area contributed by atoms with Crippen LogP contribution in [-0.4, -0.2) is 26.4 Å². The molecule has 3 nitrogen and oxygen atoms in total. The molecule has 0 radical (unpaired) electrons. The molecule has 0 saturated carbocycles. The quantitative estimate of drug-likeness (QED) is 0.735. The van der Waals surface area contributed by atoms with E-state index in [0.29, 0.717) is 17.9 Å². The Morgan fingerprint density at radius 1 is 1.26 bits per heavy atom. The maximum Gasteiger partial charge on any atom is 0.131 e. The summed E-state index contributed by atoms with van der Waals surface area (Å²) in [6.45, 7) is 7.46. The van der Waals surface area contributed by atoms with Crippen LogP contribution in [0.15, 0.2) is 18.2 Å². The third kappa shape index (κ3) is 5.17. The van der Waals surface area contributed by atoms with Crippen molar-refractivity contribution < 1.29 is 13.9 Å². The van der Waals surface area contributed by atoms with Crippen molar-refractivity contribution in [1.82, 2.24) is 5.32 Å². The molecule has 0 aliphatic carbocycles. The number of rotatable bonds is 8. The van der Waals surface area contributed by atoms with Gasteiger partial charge in [0.15, 0.2) is 0 Å². The van der Waals surface area contributed by atoms with E-state index in [2.05, 4.69) is 5.32 Å². The fourth-order valence-electron chi connectivity index (χ4n) is 1.93. The largest absolute Gasteiger partial charge is 0.496 e. The first-order chi connectivity index (χ1) is 9.06. The van der Waals surface area contributed by atoms with Crippen LogP contribution in [0.2, 0.25) is 0 Å². The van der Waals surface area contributed by atoms with Gasteiger partial charge in [0.05, 0.1) is 13.2 Å². The van der Waals surface area contributed by atoms with E-state index in [1.54, 1.807) is 19.2 Å². The predicted molar refractivity (Wildman–Crippen MR) is 75.1 cm³/mol. The molecule has 1 aromatic carbocycles. The van der Waals surface area contributed by atoms with Crippen LogP contribution in [0.25, 0.3) is 0 Å². The lowest BCUT2D eigenvalue weighted by atomic mass is 10.1. The first kappa shape index (κ1) is 15.9.